The van der Waals surface area contributed by atoms with Crippen LogP contribution >= 0.6 is 11.3 Å². The molecule has 2 aliphatic rings. The van der Waals surface area contributed by atoms with Gasteiger partial charge >= 0.3 is 0 Å². The molecule has 0 radical (unpaired) electrons. The van der Waals surface area contributed by atoms with Gasteiger partial charge in [-0.3, -0.25) is 10.1 Å². The topological polar surface area (TPSA) is 32.3 Å². The summed E-state index contributed by atoms with van der Waals surface area (Å²) >= 11 is 1.74. The van der Waals surface area contributed by atoms with E-state index in [2.05, 4.69) is 41.6 Å². The smallest absolute Gasteiger partial charge is 0.241 e. The van der Waals surface area contributed by atoms with Crippen molar-refractivity contribution in [3.8, 4) is 0 Å². The monoisotopic (exact) mass is 278 g/mol. The molecule has 4 heteroatoms. The van der Waals surface area contributed by atoms with Gasteiger partial charge in [0.05, 0.1) is 6.04 Å². The van der Waals surface area contributed by atoms with Crippen molar-refractivity contribution < 1.29 is 4.79 Å². The Kier molecular flexibility index (Phi) is 3.63. The minimum absolute atomic E-state index is 0.0123. The van der Waals surface area contributed by atoms with Crippen LogP contribution in [0.25, 0.3) is 0 Å². The lowest BCUT2D eigenvalue weighted by atomic mass is 10.1. The number of hydrogen-bond donors (Lipinski definition) is 1. The van der Waals surface area contributed by atoms with Crippen molar-refractivity contribution in [3.63, 3.8) is 0 Å². The number of nitrogens with zero attached hydrogens (tertiary/aromatic N) is 1. The van der Waals surface area contributed by atoms with Crippen LogP contribution in [0.5, 0.6) is 0 Å². The van der Waals surface area contributed by atoms with Crippen molar-refractivity contribution in [3.05, 3.63) is 22.4 Å². The molecule has 3 unspecified atom stereocenters. The largest absolute Gasteiger partial charge is 0.318 e. The van der Waals surface area contributed by atoms with Crippen molar-refractivity contribution in [2.24, 2.45) is 5.92 Å². The molecule has 1 aromatic heterocycles. The third-order valence-electron chi connectivity index (χ3n) is 4.32. The summed E-state index contributed by atoms with van der Waals surface area (Å²) in [6, 6.07) is 4.59. The van der Waals surface area contributed by atoms with Crippen molar-refractivity contribution in [1.82, 2.24) is 10.2 Å². The van der Waals surface area contributed by atoms with Gasteiger partial charge in [-0.2, -0.15) is 0 Å². The zero-order valence-electron chi connectivity index (χ0n) is 11.6. The van der Waals surface area contributed by atoms with Crippen LogP contribution < -0.4 is 5.32 Å². The second kappa shape index (κ2) is 5.25. The summed E-state index contributed by atoms with van der Waals surface area (Å²) in [5, 5.41) is 5.64. The highest BCUT2D eigenvalue weighted by atomic mass is 32.1. The van der Waals surface area contributed by atoms with Crippen LogP contribution in [0.4, 0.5) is 0 Å². The summed E-state index contributed by atoms with van der Waals surface area (Å²) < 4.78 is 0. The van der Waals surface area contributed by atoms with Gasteiger partial charge in [-0.25, -0.2) is 0 Å². The van der Waals surface area contributed by atoms with E-state index in [0.717, 1.165) is 12.8 Å². The summed E-state index contributed by atoms with van der Waals surface area (Å²) in [5.41, 5.74) is 0. The number of carbonyl (C=O) groups excluding carboxylic acids is 1. The van der Waals surface area contributed by atoms with Crippen LogP contribution in [-0.4, -0.2) is 22.9 Å². The Labute approximate surface area is 119 Å². The third kappa shape index (κ3) is 2.43. The molecular weight excluding hydrogens is 256 g/mol. The van der Waals surface area contributed by atoms with Gasteiger partial charge in [-0.05, 0) is 43.6 Å². The molecule has 19 heavy (non-hydrogen) atoms. The SMILES string of the molecule is CCCC1NC(c2cccs2)N(C(C)C2CC2)C1=O. The first-order valence-electron chi connectivity index (χ1n) is 7.34. The minimum atomic E-state index is 0.0123. The van der Waals surface area contributed by atoms with Crippen LogP contribution in [-0.2, 0) is 4.79 Å². The summed E-state index contributed by atoms with van der Waals surface area (Å²) in [6.45, 7) is 4.36. The Bertz CT molecular complexity index is 441. The number of amides is 1. The van der Waals surface area contributed by atoms with Crippen LogP contribution in [0.15, 0.2) is 17.5 Å². The Balaban J connectivity index is 1.84. The molecule has 1 aromatic rings. The molecule has 1 aliphatic carbocycles. The normalized spacial score (nSPS) is 28.9. The highest BCUT2D eigenvalue weighted by Crippen LogP contribution is 2.40. The van der Waals surface area contributed by atoms with E-state index < -0.39 is 0 Å². The molecule has 0 bridgehead atoms. The fraction of sp³-hybridized carbons (Fsp3) is 0.667. The molecule has 3 atom stereocenters. The maximum atomic E-state index is 12.6. The van der Waals surface area contributed by atoms with Crippen molar-refractivity contribution >= 4 is 17.2 Å². The quantitative estimate of drug-likeness (QED) is 0.897. The fourth-order valence-corrected chi connectivity index (χ4v) is 3.83. The predicted octanol–water partition coefficient (Wildman–Crippen LogP) is 3.15. The van der Waals surface area contributed by atoms with E-state index in [-0.39, 0.29) is 12.2 Å². The second-order valence-electron chi connectivity index (χ2n) is 5.75. The number of thiophene rings is 1. The first-order chi connectivity index (χ1) is 9.22. The molecule has 2 heterocycles. The van der Waals surface area contributed by atoms with Gasteiger partial charge in [0.1, 0.15) is 6.17 Å². The van der Waals surface area contributed by atoms with Crippen LogP contribution in [0.1, 0.15) is 50.6 Å². The molecule has 1 N–H and O–H groups in total. The number of rotatable bonds is 5. The molecule has 0 aromatic carbocycles. The van der Waals surface area contributed by atoms with Crippen LogP contribution in [0, 0.1) is 5.92 Å². The van der Waals surface area contributed by atoms with Gasteiger partial charge in [0, 0.05) is 10.9 Å². The van der Waals surface area contributed by atoms with Crippen LogP contribution in [0.2, 0.25) is 0 Å². The molecule has 104 valence electrons. The van der Waals surface area contributed by atoms with E-state index in [1.165, 1.54) is 17.7 Å². The minimum Gasteiger partial charge on any atom is -0.318 e. The Hall–Kier alpha value is -0.870. The van der Waals surface area contributed by atoms with E-state index in [4.69, 9.17) is 0 Å². The van der Waals surface area contributed by atoms with Gasteiger partial charge in [0.15, 0.2) is 0 Å². The summed E-state index contributed by atoms with van der Waals surface area (Å²) in [4.78, 5) is 16.0. The Morgan fingerprint density at radius 2 is 2.32 bits per heavy atom. The molecular formula is C15H22N2OS. The van der Waals surface area contributed by atoms with Gasteiger partial charge in [-0.15, -0.1) is 11.3 Å². The number of hydrogen-bond acceptors (Lipinski definition) is 3. The van der Waals surface area contributed by atoms with E-state index in [1.54, 1.807) is 11.3 Å². The standard InChI is InChI=1S/C15H22N2OS/c1-3-5-12-15(18)17(10(2)11-7-8-11)14(16-12)13-6-4-9-19-13/h4,6,9-12,14,16H,3,5,7-8H2,1-2H3. The molecule has 2 fully saturated rings. The summed E-state index contributed by atoms with van der Waals surface area (Å²) in [6.07, 6.45) is 4.64. The lowest BCUT2D eigenvalue weighted by Gasteiger charge is -2.30. The Morgan fingerprint density at radius 3 is 2.89 bits per heavy atom. The van der Waals surface area contributed by atoms with E-state index in [1.807, 2.05) is 0 Å². The maximum Gasteiger partial charge on any atom is 0.241 e. The van der Waals surface area contributed by atoms with E-state index >= 15 is 0 Å². The molecule has 0 spiro atoms. The second-order valence-corrected chi connectivity index (χ2v) is 6.73. The van der Waals surface area contributed by atoms with Gasteiger partial charge in [0.25, 0.3) is 0 Å². The van der Waals surface area contributed by atoms with E-state index in [9.17, 15) is 4.79 Å². The molecule has 3 nitrogen and oxygen atoms in total. The predicted molar refractivity (Wildman–Crippen MR) is 77.9 cm³/mol. The van der Waals surface area contributed by atoms with Crippen molar-refractivity contribution in [1.29, 1.82) is 0 Å². The lowest BCUT2D eigenvalue weighted by Crippen LogP contribution is -2.39. The average molecular weight is 278 g/mol. The van der Waals surface area contributed by atoms with Crippen molar-refractivity contribution in [2.75, 3.05) is 0 Å². The van der Waals surface area contributed by atoms with Gasteiger partial charge < -0.3 is 4.90 Å². The molecule has 1 saturated heterocycles. The fourth-order valence-electron chi connectivity index (χ4n) is 3.05. The first kappa shape index (κ1) is 13.1. The molecule has 3 rings (SSSR count). The number of carbonyl (C=O) groups is 1. The summed E-state index contributed by atoms with van der Waals surface area (Å²) in [5.74, 6) is 1.02. The highest BCUT2D eigenvalue weighted by Gasteiger charge is 2.45. The van der Waals surface area contributed by atoms with Crippen molar-refractivity contribution in [2.45, 2.75) is 57.8 Å². The van der Waals surface area contributed by atoms with Gasteiger partial charge in [0.2, 0.25) is 5.91 Å². The zero-order chi connectivity index (χ0) is 13.4. The zero-order valence-corrected chi connectivity index (χ0v) is 12.5. The maximum absolute atomic E-state index is 12.6. The van der Waals surface area contributed by atoms with Crippen LogP contribution in [0.3, 0.4) is 0 Å². The number of nitrogens with one attached hydrogen (secondary N) is 1. The molecule has 1 aliphatic heterocycles. The molecule has 1 saturated carbocycles. The summed E-state index contributed by atoms with van der Waals surface area (Å²) in [7, 11) is 0. The van der Waals surface area contributed by atoms with Gasteiger partial charge in [-0.1, -0.05) is 19.4 Å². The Morgan fingerprint density at radius 1 is 1.53 bits per heavy atom. The van der Waals surface area contributed by atoms with E-state index in [0.29, 0.717) is 17.9 Å². The molecule has 1 amide bonds. The average Bonchev–Trinajstić information content (AvgIpc) is 3.01. The first-order valence-corrected chi connectivity index (χ1v) is 8.22. The highest BCUT2D eigenvalue weighted by molar-refractivity contribution is 7.10. The lowest BCUT2D eigenvalue weighted by molar-refractivity contribution is -0.132. The third-order valence-corrected chi connectivity index (χ3v) is 5.25.